The Labute approximate surface area is 368 Å². The molecule has 0 atom stereocenters. The summed E-state index contributed by atoms with van der Waals surface area (Å²) in [6, 6.07) is 0. The van der Waals surface area contributed by atoms with Gasteiger partial charge in [-0.3, -0.25) is 48.4 Å². The fourth-order valence-electron chi connectivity index (χ4n) is 6.39. The zero-order valence-corrected chi connectivity index (χ0v) is 37.5. The third-order valence-corrected chi connectivity index (χ3v) is 9.76. The number of nitrogens with zero attached hydrogens (tertiary/aromatic N) is 5. The first-order valence-electron chi connectivity index (χ1n) is 22.2. The van der Waals surface area contributed by atoms with E-state index < -0.39 is 17.9 Å². The Morgan fingerprint density at radius 1 is 0.435 bits per heavy atom. The first-order chi connectivity index (χ1) is 29.9. The molecular weight excluding hydrogens is 814 g/mol. The molecule has 0 radical (unpaired) electrons. The summed E-state index contributed by atoms with van der Waals surface area (Å²) in [5.74, 6) is -3.09. The summed E-state index contributed by atoms with van der Waals surface area (Å²) >= 11 is 0. The number of ketones is 2. The first kappa shape index (κ1) is 56.8. The highest BCUT2D eigenvalue weighted by Gasteiger charge is 2.21. The van der Waals surface area contributed by atoms with Crippen molar-refractivity contribution >= 4 is 35.4 Å². The van der Waals surface area contributed by atoms with Crippen LogP contribution in [0.5, 0.6) is 0 Å². The lowest BCUT2D eigenvalue weighted by Gasteiger charge is -2.32. The molecule has 360 valence electrons. The normalized spacial score (nSPS) is 15.2. The molecule has 20 nitrogen and oxygen atoms in total. The summed E-state index contributed by atoms with van der Waals surface area (Å²) in [7, 11) is 0. The number of carboxylic acid groups (broad SMARTS) is 3. The minimum Gasteiger partial charge on any atom is -0.480 e. The smallest absolute Gasteiger partial charge is 0.317 e. The summed E-state index contributed by atoms with van der Waals surface area (Å²) in [5.41, 5.74) is 0. The average molecular weight is 892 g/mol. The number of Topliss-reactive ketones (excluding diaryl/α,β-unsaturated/α-hetero) is 2. The van der Waals surface area contributed by atoms with Gasteiger partial charge in [-0.1, -0.05) is 6.92 Å². The largest absolute Gasteiger partial charge is 0.480 e. The Kier molecular flexibility index (Phi) is 35.1. The van der Waals surface area contributed by atoms with Gasteiger partial charge in [-0.15, -0.1) is 0 Å². The van der Waals surface area contributed by atoms with Crippen molar-refractivity contribution in [1.29, 1.82) is 0 Å². The minimum atomic E-state index is -1.01. The quantitative estimate of drug-likeness (QED) is 0.0724. The molecule has 1 aliphatic rings. The van der Waals surface area contributed by atoms with Crippen molar-refractivity contribution in [3.8, 4) is 0 Å². The van der Waals surface area contributed by atoms with Gasteiger partial charge < -0.3 is 48.6 Å². The summed E-state index contributed by atoms with van der Waals surface area (Å²) in [4.78, 5) is 80.4. The molecule has 3 N–H and O–H groups in total. The fourth-order valence-corrected chi connectivity index (χ4v) is 6.39. The summed E-state index contributed by atoms with van der Waals surface area (Å²) in [6.07, 6.45) is 5.09. The molecule has 0 aromatic heterocycles. The van der Waals surface area contributed by atoms with Crippen LogP contribution in [0.3, 0.4) is 0 Å². The van der Waals surface area contributed by atoms with Crippen molar-refractivity contribution in [2.45, 2.75) is 65.2 Å². The minimum absolute atomic E-state index is 0.0188. The van der Waals surface area contributed by atoms with Crippen LogP contribution in [-0.4, -0.2) is 246 Å². The van der Waals surface area contributed by atoms with E-state index in [4.69, 9.17) is 28.4 Å². The lowest BCUT2D eigenvalue weighted by molar-refractivity contribution is -0.140. The molecule has 0 bridgehead atoms. The Bertz CT molecular complexity index is 1200. The summed E-state index contributed by atoms with van der Waals surface area (Å²) in [6.45, 7) is 12.3. The lowest BCUT2D eigenvalue weighted by atomic mass is 10.1. The maximum atomic E-state index is 12.9. The number of hydrogen-bond donors (Lipinski definition) is 3. The van der Waals surface area contributed by atoms with E-state index in [1.807, 2.05) is 4.90 Å². The SMILES string of the molecule is CCCOCCOCCOCCCN(CC(=O)CCCCOCCOCCOCCCCC(=O)CN1CCN(CC(=O)O)CCN(CC(=O)O)CCN(CC(=O)O)CC1)C(C)=O. The van der Waals surface area contributed by atoms with E-state index in [-0.39, 0.29) is 50.2 Å². The number of carbonyl (C=O) groups excluding carboxylic acids is 3. The van der Waals surface area contributed by atoms with Gasteiger partial charge in [0, 0.05) is 105 Å². The molecule has 0 aromatic carbocycles. The number of carboxylic acids is 3. The van der Waals surface area contributed by atoms with Gasteiger partial charge in [-0.25, -0.2) is 0 Å². The third-order valence-electron chi connectivity index (χ3n) is 9.76. The van der Waals surface area contributed by atoms with Gasteiger partial charge in [0.1, 0.15) is 5.78 Å². The van der Waals surface area contributed by atoms with Crippen LogP contribution < -0.4 is 0 Å². The Morgan fingerprint density at radius 3 is 1.11 bits per heavy atom. The van der Waals surface area contributed by atoms with Crippen molar-refractivity contribution < 1.29 is 72.5 Å². The number of hydrogen-bond acceptors (Lipinski definition) is 16. The molecular formula is C42H77N5O15. The zero-order chi connectivity index (χ0) is 45.6. The summed E-state index contributed by atoms with van der Waals surface area (Å²) in [5, 5.41) is 28.2. The molecule has 0 unspecified atom stereocenters. The molecule has 1 heterocycles. The molecule has 1 amide bonds. The molecule has 0 saturated carbocycles. The van der Waals surface area contributed by atoms with Crippen LogP contribution in [-0.2, 0) is 57.2 Å². The van der Waals surface area contributed by atoms with Crippen molar-refractivity contribution in [3.63, 3.8) is 0 Å². The van der Waals surface area contributed by atoms with Crippen LogP contribution in [0, 0.1) is 0 Å². The number of aliphatic carboxylic acids is 3. The molecule has 1 fully saturated rings. The standard InChI is InChI=1S/C42H77N5O15/c1-3-20-57-24-28-61-31-27-60-23-8-11-47(37(2)48)33-39(50)10-5-7-22-59-26-30-62-29-25-58-21-6-4-9-38(49)32-43-12-14-44(34-40(51)52)16-18-46(36-42(55)56)19-17-45(15-13-43)35-41(53)54/h3-36H2,1-2H3,(H,51,52)(H,53,54)(H,55,56). The maximum absolute atomic E-state index is 12.9. The predicted molar refractivity (Wildman–Crippen MR) is 228 cm³/mol. The summed E-state index contributed by atoms with van der Waals surface area (Å²) < 4.78 is 33.2. The van der Waals surface area contributed by atoms with E-state index in [0.717, 1.165) is 19.4 Å². The number of rotatable bonds is 38. The van der Waals surface area contributed by atoms with Gasteiger partial charge >= 0.3 is 17.9 Å². The highest BCUT2D eigenvalue weighted by molar-refractivity contribution is 5.85. The molecule has 1 saturated heterocycles. The van der Waals surface area contributed by atoms with Crippen LogP contribution in [0.4, 0.5) is 0 Å². The van der Waals surface area contributed by atoms with Crippen LogP contribution in [0.2, 0.25) is 0 Å². The van der Waals surface area contributed by atoms with Crippen molar-refractivity contribution in [1.82, 2.24) is 24.5 Å². The first-order valence-corrected chi connectivity index (χ1v) is 22.2. The van der Waals surface area contributed by atoms with E-state index >= 15 is 0 Å². The average Bonchev–Trinajstić information content (AvgIpc) is 3.21. The maximum Gasteiger partial charge on any atom is 0.317 e. The molecule has 0 spiro atoms. The Hall–Kier alpha value is -3.18. The van der Waals surface area contributed by atoms with Gasteiger partial charge in [0.05, 0.1) is 85.6 Å². The highest BCUT2D eigenvalue weighted by Crippen LogP contribution is 2.05. The number of amides is 1. The van der Waals surface area contributed by atoms with Gasteiger partial charge in [0.15, 0.2) is 5.78 Å². The topological polar surface area (TPSA) is 235 Å². The van der Waals surface area contributed by atoms with Gasteiger partial charge in [-0.05, 0) is 38.5 Å². The van der Waals surface area contributed by atoms with E-state index in [9.17, 15) is 44.1 Å². The van der Waals surface area contributed by atoms with Crippen LogP contribution in [0.1, 0.15) is 65.2 Å². The third kappa shape index (κ3) is 34.3. The number of carbonyl (C=O) groups is 6. The predicted octanol–water partition coefficient (Wildman–Crippen LogP) is 0.689. The van der Waals surface area contributed by atoms with Gasteiger partial charge in [-0.2, -0.15) is 0 Å². The second kappa shape index (κ2) is 38.3. The molecule has 1 aliphatic heterocycles. The number of ether oxygens (including phenoxy) is 6. The van der Waals surface area contributed by atoms with Crippen molar-refractivity contribution in [3.05, 3.63) is 0 Å². The fraction of sp³-hybridized carbons (Fsp3) is 0.857. The second-order valence-electron chi connectivity index (χ2n) is 15.2. The van der Waals surface area contributed by atoms with Crippen LogP contribution in [0.15, 0.2) is 0 Å². The molecule has 62 heavy (non-hydrogen) atoms. The second-order valence-corrected chi connectivity index (χ2v) is 15.2. The molecule has 0 aromatic rings. The molecule has 1 rings (SSSR count). The molecule has 20 heteroatoms. The van der Waals surface area contributed by atoms with Crippen LogP contribution >= 0.6 is 0 Å². The van der Waals surface area contributed by atoms with Crippen molar-refractivity contribution in [2.75, 3.05) is 171 Å². The zero-order valence-electron chi connectivity index (χ0n) is 37.5. The molecule has 0 aliphatic carbocycles. The Balaban J connectivity index is 2.16. The van der Waals surface area contributed by atoms with E-state index in [1.165, 1.54) is 6.92 Å². The lowest BCUT2D eigenvalue weighted by Crippen LogP contribution is -2.49. The van der Waals surface area contributed by atoms with E-state index in [0.29, 0.717) is 170 Å². The highest BCUT2D eigenvalue weighted by atomic mass is 16.5. The Morgan fingerprint density at radius 2 is 0.758 bits per heavy atom. The number of unbranched alkanes of at least 4 members (excludes halogenated alkanes) is 2. The van der Waals surface area contributed by atoms with Crippen LogP contribution in [0.25, 0.3) is 0 Å². The van der Waals surface area contributed by atoms with Gasteiger partial charge in [0.2, 0.25) is 5.91 Å². The van der Waals surface area contributed by atoms with Gasteiger partial charge in [0.25, 0.3) is 0 Å². The van der Waals surface area contributed by atoms with E-state index in [2.05, 4.69) is 6.92 Å². The monoisotopic (exact) mass is 892 g/mol. The van der Waals surface area contributed by atoms with E-state index in [1.54, 1.807) is 19.6 Å². The van der Waals surface area contributed by atoms with Crippen molar-refractivity contribution in [2.24, 2.45) is 0 Å².